The summed E-state index contributed by atoms with van der Waals surface area (Å²) in [6.07, 6.45) is 2.26. The topological polar surface area (TPSA) is 117 Å². The molecule has 1 fully saturated rings. The summed E-state index contributed by atoms with van der Waals surface area (Å²) in [5, 5.41) is 31.9. The zero-order valence-electron chi connectivity index (χ0n) is 29.3. The summed E-state index contributed by atoms with van der Waals surface area (Å²) >= 11 is 0. The van der Waals surface area contributed by atoms with E-state index >= 15 is 0 Å². The molecule has 0 atom stereocenters. The molecule has 0 bridgehead atoms. The summed E-state index contributed by atoms with van der Waals surface area (Å²) in [7, 11) is 0. The quantitative estimate of drug-likeness (QED) is 0.192. The predicted octanol–water partition coefficient (Wildman–Crippen LogP) is 7.63. The normalized spacial score (nSPS) is 17.2. The minimum atomic E-state index is -0.436. The van der Waals surface area contributed by atoms with Crippen LogP contribution in [0.4, 0.5) is 0 Å². The molecule has 8 heteroatoms. The van der Waals surface area contributed by atoms with Crippen LogP contribution in [0.5, 0.6) is 23.0 Å². The molecule has 1 saturated heterocycles. The molecule has 0 spiro atoms. The lowest BCUT2D eigenvalue weighted by Crippen LogP contribution is -2.61. The number of benzene rings is 2. The lowest BCUT2D eigenvalue weighted by atomic mass is 9.71. The van der Waals surface area contributed by atoms with Crippen molar-refractivity contribution in [2.45, 2.75) is 136 Å². The largest absolute Gasteiger partial charge is 0.508 e. The molecule has 0 unspecified atom stereocenters. The van der Waals surface area contributed by atoms with Gasteiger partial charge in [-0.2, -0.15) is 0 Å². The number of nitrogens with zero attached hydrogens (tertiary/aromatic N) is 1. The van der Waals surface area contributed by atoms with Gasteiger partial charge in [0.25, 0.3) is 0 Å². The number of carbonyl (C=O) groups excluding carboxylic acids is 2. The van der Waals surface area contributed by atoms with E-state index < -0.39 is 5.97 Å². The Balaban J connectivity index is 1.69. The van der Waals surface area contributed by atoms with Gasteiger partial charge in [0, 0.05) is 48.2 Å². The van der Waals surface area contributed by atoms with E-state index in [0.29, 0.717) is 37.1 Å². The molecule has 2 aromatic rings. The number of piperidine rings is 1. The van der Waals surface area contributed by atoms with Crippen LogP contribution in [0.2, 0.25) is 0 Å². The Morgan fingerprint density at radius 3 is 1.89 bits per heavy atom. The Hall–Kier alpha value is -3.26. The lowest BCUT2D eigenvalue weighted by molar-refractivity contribution is -0.146. The Labute approximate surface area is 269 Å². The number of ether oxygens (including phenoxy) is 2. The SMILES string of the molecule is CCC(=O)Oc1cc(O)cc(O)c1C1CC(C)(C)N(CCOC(=O)CCc2cc(C(C)(C)C)c(O)c(C(C)(C)C)c2)C(C)(C)C1. The standard InChI is InChI=1S/C37H55NO7/c1-12-30(41)45-29-20-25(39)19-28(40)32(29)24-21-36(8,9)38(37(10,11)22-24)15-16-44-31(42)14-13-23-17-26(34(2,3)4)33(43)27(18-23)35(5,6)7/h17-20,24,39-40,43H,12-16,21-22H2,1-11H3. The van der Waals surface area contributed by atoms with Crippen LogP contribution in [0.1, 0.15) is 130 Å². The van der Waals surface area contributed by atoms with Crippen LogP contribution in [-0.4, -0.2) is 56.4 Å². The van der Waals surface area contributed by atoms with Gasteiger partial charge in [0.2, 0.25) is 0 Å². The van der Waals surface area contributed by atoms with Gasteiger partial charge in [-0.25, -0.2) is 0 Å². The summed E-state index contributed by atoms with van der Waals surface area (Å²) < 4.78 is 11.3. The Bertz CT molecular complexity index is 1340. The van der Waals surface area contributed by atoms with E-state index in [1.165, 1.54) is 12.1 Å². The third kappa shape index (κ3) is 8.72. The molecule has 3 rings (SSSR count). The average molecular weight is 626 g/mol. The van der Waals surface area contributed by atoms with Crippen LogP contribution in [0.25, 0.3) is 0 Å². The number of aromatic hydroxyl groups is 3. The number of phenolic OH excluding ortho intramolecular Hbond substituents is 3. The molecule has 0 aromatic heterocycles. The average Bonchev–Trinajstić information content (AvgIpc) is 2.87. The maximum Gasteiger partial charge on any atom is 0.310 e. The van der Waals surface area contributed by atoms with Gasteiger partial charge in [0.05, 0.1) is 0 Å². The summed E-state index contributed by atoms with van der Waals surface area (Å²) in [6, 6.07) is 6.69. The van der Waals surface area contributed by atoms with Crippen molar-refractivity contribution in [3.63, 3.8) is 0 Å². The number of likely N-dealkylation sites (tertiary alicyclic amines) is 1. The molecular weight excluding hydrogens is 570 g/mol. The summed E-state index contributed by atoms with van der Waals surface area (Å²) in [5.41, 5.74) is 2.13. The van der Waals surface area contributed by atoms with Crippen molar-refractivity contribution in [1.29, 1.82) is 0 Å². The van der Waals surface area contributed by atoms with E-state index in [-0.39, 0.29) is 70.5 Å². The molecule has 2 aromatic carbocycles. The molecule has 45 heavy (non-hydrogen) atoms. The molecule has 3 N–H and O–H groups in total. The van der Waals surface area contributed by atoms with Gasteiger partial charge in [-0.1, -0.05) is 60.6 Å². The highest BCUT2D eigenvalue weighted by molar-refractivity contribution is 5.73. The van der Waals surface area contributed by atoms with Crippen molar-refractivity contribution in [2.75, 3.05) is 13.2 Å². The van der Waals surface area contributed by atoms with Gasteiger partial charge < -0.3 is 24.8 Å². The molecule has 1 aliphatic rings. The van der Waals surface area contributed by atoms with Gasteiger partial charge in [-0.3, -0.25) is 14.5 Å². The number of aryl methyl sites for hydroxylation is 1. The molecule has 1 aliphatic heterocycles. The van der Waals surface area contributed by atoms with Gasteiger partial charge >= 0.3 is 11.9 Å². The van der Waals surface area contributed by atoms with Crippen molar-refractivity contribution in [3.05, 3.63) is 46.5 Å². The van der Waals surface area contributed by atoms with Gasteiger partial charge in [-0.05, 0) is 80.4 Å². The monoisotopic (exact) mass is 625 g/mol. The first kappa shape index (κ1) is 36.2. The lowest BCUT2D eigenvalue weighted by Gasteiger charge is -2.55. The van der Waals surface area contributed by atoms with Crippen LogP contribution >= 0.6 is 0 Å². The first-order valence-corrected chi connectivity index (χ1v) is 16.1. The highest BCUT2D eigenvalue weighted by Gasteiger charge is 2.46. The molecule has 250 valence electrons. The van der Waals surface area contributed by atoms with Crippen LogP contribution in [0, 0.1) is 0 Å². The van der Waals surface area contributed by atoms with Gasteiger partial charge in [0.1, 0.15) is 29.6 Å². The first-order valence-electron chi connectivity index (χ1n) is 16.1. The number of carbonyl (C=O) groups is 2. The Kier molecular flexibility index (Phi) is 10.6. The number of esters is 2. The molecular formula is C37H55NO7. The van der Waals surface area contributed by atoms with Gasteiger partial charge in [-0.15, -0.1) is 0 Å². The molecule has 0 amide bonds. The fourth-order valence-electron chi connectivity index (χ4n) is 6.97. The maximum atomic E-state index is 12.9. The van der Waals surface area contributed by atoms with E-state index in [2.05, 4.69) is 74.1 Å². The third-order valence-electron chi connectivity index (χ3n) is 8.96. The van der Waals surface area contributed by atoms with Crippen LogP contribution in [0.15, 0.2) is 24.3 Å². The third-order valence-corrected chi connectivity index (χ3v) is 8.96. The summed E-state index contributed by atoms with van der Waals surface area (Å²) in [5.74, 6) is -0.567. The highest BCUT2D eigenvalue weighted by atomic mass is 16.5. The van der Waals surface area contributed by atoms with Crippen molar-refractivity contribution in [2.24, 2.45) is 0 Å². The summed E-state index contributed by atoms with van der Waals surface area (Å²) in [6.45, 7) is 23.4. The Morgan fingerprint density at radius 2 is 1.40 bits per heavy atom. The molecule has 0 radical (unpaired) electrons. The molecule has 1 heterocycles. The van der Waals surface area contributed by atoms with Crippen molar-refractivity contribution >= 4 is 11.9 Å². The van der Waals surface area contributed by atoms with Crippen molar-refractivity contribution in [3.8, 4) is 23.0 Å². The zero-order chi connectivity index (χ0) is 34.1. The van der Waals surface area contributed by atoms with Crippen LogP contribution in [0.3, 0.4) is 0 Å². The highest BCUT2D eigenvalue weighted by Crippen LogP contribution is 2.50. The second-order valence-electron chi connectivity index (χ2n) is 15.8. The smallest absolute Gasteiger partial charge is 0.310 e. The van der Waals surface area contributed by atoms with E-state index in [4.69, 9.17) is 9.47 Å². The number of hydrogen-bond acceptors (Lipinski definition) is 8. The predicted molar refractivity (Wildman–Crippen MR) is 177 cm³/mol. The summed E-state index contributed by atoms with van der Waals surface area (Å²) in [4.78, 5) is 27.3. The Morgan fingerprint density at radius 1 is 0.867 bits per heavy atom. The minimum absolute atomic E-state index is 0.0919. The molecule has 0 aliphatic carbocycles. The second kappa shape index (κ2) is 13.2. The van der Waals surface area contributed by atoms with E-state index in [1.54, 1.807) is 6.92 Å². The molecule has 0 saturated carbocycles. The zero-order valence-corrected chi connectivity index (χ0v) is 29.3. The van der Waals surface area contributed by atoms with Crippen LogP contribution in [-0.2, 0) is 31.6 Å². The first-order chi connectivity index (χ1) is 20.6. The van der Waals surface area contributed by atoms with Crippen LogP contribution < -0.4 is 4.74 Å². The van der Waals surface area contributed by atoms with Crippen molar-refractivity contribution < 1.29 is 34.4 Å². The fourth-order valence-corrected chi connectivity index (χ4v) is 6.97. The number of hydrogen-bond donors (Lipinski definition) is 3. The van der Waals surface area contributed by atoms with Gasteiger partial charge in [0.15, 0.2) is 0 Å². The van der Waals surface area contributed by atoms with Crippen molar-refractivity contribution in [1.82, 2.24) is 4.90 Å². The molecule has 8 nitrogen and oxygen atoms in total. The van der Waals surface area contributed by atoms with E-state index in [9.17, 15) is 24.9 Å². The second-order valence-corrected chi connectivity index (χ2v) is 15.8. The van der Waals surface area contributed by atoms with E-state index in [1.807, 2.05) is 12.1 Å². The number of rotatable bonds is 9. The maximum absolute atomic E-state index is 12.9. The number of phenols is 3. The minimum Gasteiger partial charge on any atom is -0.508 e. The fraction of sp³-hybridized carbons (Fsp3) is 0.622. The van der Waals surface area contributed by atoms with E-state index in [0.717, 1.165) is 16.7 Å².